The molecule has 2 rings (SSSR count). The predicted molar refractivity (Wildman–Crippen MR) is 66.7 cm³/mol. The average molecular weight is 273 g/mol. The normalized spacial score (nSPS) is 18.1. The smallest absolute Gasteiger partial charge is 0.259 e. The predicted octanol–water partition coefficient (Wildman–Crippen LogP) is 0.433. The van der Waals surface area contributed by atoms with Gasteiger partial charge in [0, 0.05) is 33.0 Å². The largest absolute Gasteiger partial charge is 0.381 e. The molecule has 0 saturated carbocycles. The summed E-state index contributed by atoms with van der Waals surface area (Å²) >= 11 is 0. The molecule has 1 fully saturated rings. The fraction of sp³-hybridized carbons (Fsp3) is 0.727. The maximum atomic E-state index is 12.0. The second kappa shape index (κ2) is 5.38. The van der Waals surface area contributed by atoms with E-state index in [9.17, 15) is 8.42 Å². The molecular weight excluding hydrogens is 254 g/mol. The number of hydrogen-bond acceptors (Lipinski definition) is 4. The van der Waals surface area contributed by atoms with Gasteiger partial charge in [-0.25, -0.2) is 18.1 Å². The van der Waals surface area contributed by atoms with E-state index in [4.69, 9.17) is 4.74 Å². The van der Waals surface area contributed by atoms with Crippen LogP contribution in [0.4, 0.5) is 0 Å². The zero-order valence-corrected chi connectivity index (χ0v) is 11.5. The molecule has 0 atom stereocenters. The van der Waals surface area contributed by atoms with Crippen LogP contribution in [0.25, 0.3) is 0 Å². The van der Waals surface area contributed by atoms with E-state index in [-0.39, 0.29) is 5.03 Å². The Morgan fingerprint density at radius 1 is 1.50 bits per heavy atom. The lowest BCUT2D eigenvalue weighted by Crippen LogP contribution is -2.32. The topological polar surface area (TPSA) is 73.2 Å². The van der Waals surface area contributed by atoms with Gasteiger partial charge in [-0.1, -0.05) is 0 Å². The third-order valence-corrected chi connectivity index (χ3v) is 4.56. The van der Waals surface area contributed by atoms with Crippen molar-refractivity contribution in [1.29, 1.82) is 0 Å². The Morgan fingerprint density at radius 2 is 2.17 bits per heavy atom. The van der Waals surface area contributed by atoms with E-state index in [1.807, 2.05) is 0 Å². The summed E-state index contributed by atoms with van der Waals surface area (Å²) in [7, 11) is -1.71. The van der Waals surface area contributed by atoms with E-state index in [1.54, 1.807) is 18.5 Å². The van der Waals surface area contributed by atoms with Crippen LogP contribution in [0.3, 0.4) is 0 Å². The molecular formula is C11H19N3O3S. The maximum absolute atomic E-state index is 12.0. The molecule has 1 aromatic rings. The first kappa shape index (κ1) is 13.5. The highest BCUT2D eigenvalue weighted by atomic mass is 32.2. The quantitative estimate of drug-likeness (QED) is 0.863. The molecule has 2 heterocycles. The zero-order chi connectivity index (χ0) is 13.2. The Balaban J connectivity index is 1.98. The summed E-state index contributed by atoms with van der Waals surface area (Å²) in [6, 6.07) is 0. The van der Waals surface area contributed by atoms with Crippen LogP contribution in [0.5, 0.6) is 0 Å². The van der Waals surface area contributed by atoms with Gasteiger partial charge in [0.2, 0.25) is 0 Å². The number of aryl methyl sites for hydroxylation is 2. The molecule has 0 aromatic carbocycles. The molecule has 1 N–H and O–H groups in total. The second-order valence-electron chi connectivity index (χ2n) is 4.64. The van der Waals surface area contributed by atoms with Gasteiger partial charge in [-0.05, 0) is 25.7 Å². The highest BCUT2D eigenvalue weighted by Gasteiger charge is 2.21. The number of ether oxygens (including phenoxy) is 1. The van der Waals surface area contributed by atoms with Crippen molar-refractivity contribution in [2.45, 2.75) is 24.8 Å². The highest BCUT2D eigenvalue weighted by molar-refractivity contribution is 7.89. The zero-order valence-electron chi connectivity index (χ0n) is 10.7. The second-order valence-corrected chi connectivity index (χ2v) is 6.36. The molecule has 0 aliphatic carbocycles. The van der Waals surface area contributed by atoms with Crippen LogP contribution in [-0.2, 0) is 21.8 Å². The summed E-state index contributed by atoms with van der Waals surface area (Å²) < 4.78 is 33.6. The molecule has 1 aliphatic rings. The number of imidazole rings is 1. The highest BCUT2D eigenvalue weighted by Crippen LogP contribution is 2.15. The minimum atomic E-state index is -3.48. The van der Waals surface area contributed by atoms with Gasteiger partial charge in [0.1, 0.15) is 5.82 Å². The van der Waals surface area contributed by atoms with Gasteiger partial charge in [-0.3, -0.25) is 0 Å². The van der Waals surface area contributed by atoms with Crippen molar-refractivity contribution in [3.8, 4) is 0 Å². The molecule has 18 heavy (non-hydrogen) atoms. The summed E-state index contributed by atoms with van der Waals surface area (Å²) in [5, 5.41) is 0.0922. The van der Waals surface area contributed by atoms with E-state index in [2.05, 4.69) is 9.71 Å². The number of hydrogen-bond donors (Lipinski definition) is 1. The van der Waals surface area contributed by atoms with Crippen molar-refractivity contribution in [3.63, 3.8) is 0 Å². The Hall–Kier alpha value is -0.920. The Kier molecular flexibility index (Phi) is 4.04. The van der Waals surface area contributed by atoms with Gasteiger partial charge >= 0.3 is 0 Å². The first-order chi connectivity index (χ1) is 8.49. The fourth-order valence-electron chi connectivity index (χ4n) is 1.91. The number of nitrogens with zero attached hydrogens (tertiary/aromatic N) is 2. The lowest BCUT2D eigenvalue weighted by atomic mass is 10.0. The van der Waals surface area contributed by atoms with Crippen LogP contribution in [0.1, 0.15) is 18.7 Å². The number of aromatic nitrogens is 2. The lowest BCUT2D eigenvalue weighted by Gasteiger charge is -2.21. The molecule has 6 nitrogen and oxygen atoms in total. The van der Waals surface area contributed by atoms with Gasteiger partial charge in [0.15, 0.2) is 5.03 Å². The van der Waals surface area contributed by atoms with E-state index in [0.29, 0.717) is 18.3 Å². The van der Waals surface area contributed by atoms with Crippen LogP contribution in [0, 0.1) is 12.8 Å². The Morgan fingerprint density at radius 3 is 2.72 bits per heavy atom. The van der Waals surface area contributed by atoms with E-state index < -0.39 is 10.0 Å². The molecule has 1 aliphatic heterocycles. The molecule has 0 unspecified atom stereocenters. The molecule has 0 spiro atoms. The van der Waals surface area contributed by atoms with Crippen molar-refractivity contribution >= 4 is 10.0 Å². The summed E-state index contributed by atoms with van der Waals surface area (Å²) in [6.45, 7) is 3.67. The summed E-state index contributed by atoms with van der Waals surface area (Å²) in [5.41, 5.74) is 0. The van der Waals surface area contributed by atoms with Gasteiger partial charge in [-0.2, -0.15) is 0 Å². The van der Waals surface area contributed by atoms with E-state index in [1.165, 1.54) is 6.20 Å². The molecule has 1 saturated heterocycles. The van der Waals surface area contributed by atoms with Gasteiger partial charge in [0.25, 0.3) is 10.0 Å². The van der Waals surface area contributed by atoms with Crippen LogP contribution >= 0.6 is 0 Å². The van der Waals surface area contributed by atoms with Crippen molar-refractivity contribution in [3.05, 3.63) is 12.0 Å². The van der Waals surface area contributed by atoms with Crippen LogP contribution in [0.2, 0.25) is 0 Å². The SMILES string of the molecule is Cc1nc(S(=O)(=O)NCC2CCOCC2)cn1C. The summed E-state index contributed by atoms with van der Waals surface area (Å²) in [6.07, 6.45) is 3.34. The molecule has 0 amide bonds. The van der Waals surface area contributed by atoms with Crippen LogP contribution in [0.15, 0.2) is 11.2 Å². The minimum Gasteiger partial charge on any atom is -0.381 e. The molecule has 7 heteroatoms. The molecule has 1 aromatic heterocycles. The van der Waals surface area contributed by atoms with Crippen molar-refractivity contribution < 1.29 is 13.2 Å². The number of sulfonamides is 1. The first-order valence-corrected chi connectivity index (χ1v) is 7.55. The van der Waals surface area contributed by atoms with Crippen LogP contribution in [-0.4, -0.2) is 37.7 Å². The molecule has 102 valence electrons. The van der Waals surface area contributed by atoms with Gasteiger partial charge in [-0.15, -0.1) is 0 Å². The molecule has 0 bridgehead atoms. The monoisotopic (exact) mass is 273 g/mol. The third-order valence-electron chi connectivity index (χ3n) is 3.26. The summed E-state index contributed by atoms with van der Waals surface area (Å²) in [4.78, 5) is 4.03. The Labute approximate surface area is 107 Å². The number of rotatable bonds is 4. The Bertz CT molecular complexity index is 484. The first-order valence-electron chi connectivity index (χ1n) is 6.06. The summed E-state index contributed by atoms with van der Waals surface area (Å²) in [5.74, 6) is 1.04. The van der Waals surface area contributed by atoms with E-state index in [0.717, 1.165) is 26.1 Å². The molecule has 0 radical (unpaired) electrons. The maximum Gasteiger partial charge on any atom is 0.259 e. The fourth-order valence-corrected chi connectivity index (χ4v) is 3.06. The minimum absolute atomic E-state index is 0.0922. The number of nitrogens with one attached hydrogen (secondary N) is 1. The van der Waals surface area contributed by atoms with Crippen molar-refractivity contribution in [2.75, 3.05) is 19.8 Å². The standard InChI is InChI=1S/C11H19N3O3S/c1-9-13-11(8-14(9)2)18(15,16)12-7-10-3-5-17-6-4-10/h8,10,12H,3-7H2,1-2H3. The lowest BCUT2D eigenvalue weighted by molar-refractivity contribution is 0.0678. The van der Waals surface area contributed by atoms with Crippen LogP contribution < -0.4 is 4.72 Å². The average Bonchev–Trinajstić information content (AvgIpc) is 2.70. The van der Waals surface area contributed by atoms with Crippen molar-refractivity contribution in [1.82, 2.24) is 14.3 Å². The van der Waals surface area contributed by atoms with Crippen molar-refractivity contribution in [2.24, 2.45) is 13.0 Å². The third kappa shape index (κ3) is 3.09. The van der Waals surface area contributed by atoms with E-state index >= 15 is 0 Å². The van der Waals surface area contributed by atoms with Gasteiger partial charge in [0.05, 0.1) is 0 Å². The van der Waals surface area contributed by atoms with Gasteiger partial charge < -0.3 is 9.30 Å².